The number of nitrogens with two attached hydrogens (primary N) is 1. The van der Waals surface area contributed by atoms with E-state index in [1.165, 1.54) is 12.1 Å². The summed E-state index contributed by atoms with van der Waals surface area (Å²) in [4.78, 5) is 11.5. The molecule has 1 aliphatic rings. The van der Waals surface area contributed by atoms with Crippen molar-refractivity contribution in [3.05, 3.63) is 30.1 Å². The van der Waals surface area contributed by atoms with E-state index in [9.17, 15) is 9.18 Å². The van der Waals surface area contributed by atoms with E-state index >= 15 is 0 Å². The van der Waals surface area contributed by atoms with Gasteiger partial charge < -0.3 is 11.1 Å². The average Bonchev–Trinajstić information content (AvgIpc) is 3.06. The zero-order valence-electron chi connectivity index (χ0n) is 9.57. The molecule has 1 aromatic carbocycles. The van der Waals surface area contributed by atoms with E-state index in [1.54, 1.807) is 23.9 Å². The zero-order chi connectivity index (χ0) is 12.5. The average molecular weight is 254 g/mol. The van der Waals surface area contributed by atoms with Crippen molar-refractivity contribution in [3.8, 4) is 0 Å². The number of benzene rings is 1. The van der Waals surface area contributed by atoms with Crippen molar-refractivity contribution in [2.24, 2.45) is 5.73 Å². The minimum Gasteiger partial charge on any atom is -0.372 e. The van der Waals surface area contributed by atoms with E-state index in [-0.39, 0.29) is 16.5 Å². The predicted molar refractivity (Wildman–Crippen MR) is 68.5 cm³/mol. The molecule has 1 atom stereocenters. The molecule has 17 heavy (non-hydrogen) atoms. The van der Waals surface area contributed by atoms with Gasteiger partial charge in [-0.05, 0) is 37.3 Å². The highest BCUT2D eigenvalue weighted by molar-refractivity contribution is 8.00. The molecule has 1 saturated carbocycles. The van der Waals surface area contributed by atoms with Gasteiger partial charge in [-0.2, -0.15) is 11.8 Å². The largest absolute Gasteiger partial charge is 0.372 e. The third-order valence-electron chi connectivity index (χ3n) is 3.10. The molecule has 1 unspecified atom stereocenters. The second kappa shape index (κ2) is 4.56. The lowest BCUT2D eigenvalue weighted by Gasteiger charge is -2.24. The van der Waals surface area contributed by atoms with Crippen molar-refractivity contribution in [2.75, 3.05) is 11.6 Å². The maximum Gasteiger partial charge on any atom is 0.241 e. The van der Waals surface area contributed by atoms with E-state index in [0.717, 1.165) is 12.8 Å². The Labute approximate surface area is 104 Å². The van der Waals surface area contributed by atoms with Crippen molar-refractivity contribution in [1.82, 2.24) is 0 Å². The summed E-state index contributed by atoms with van der Waals surface area (Å²) >= 11 is 1.64. The second-order valence-electron chi connectivity index (χ2n) is 4.26. The summed E-state index contributed by atoms with van der Waals surface area (Å²) in [6.07, 6.45) is 3.89. The minimum absolute atomic E-state index is 0.113. The van der Waals surface area contributed by atoms with Crippen molar-refractivity contribution in [3.63, 3.8) is 0 Å². The first-order chi connectivity index (χ1) is 8.07. The number of rotatable bonds is 5. The topological polar surface area (TPSA) is 55.1 Å². The standard InChI is InChI=1S/C12H15FN2OS/c1-17-12(5-6-12)10(11(14)16)15-9-4-2-3-8(13)7-9/h2-4,7,10,15H,5-6H2,1H3,(H2,14,16). The molecule has 0 spiro atoms. The van der Waals surface area contributed by atoms with Crippen molar-refractivity contribution in [2.45, 2.75) is 23.6 Å². The maximum absolute atomic E-state index is 13.1. The molecule has 0 saturated heterocycles. The Morgan fingerprint density at radius 1 is 1.59 bits per heavy atom. The van der Waals surface area contributed by atoms with Crippen LogP contribution in [-0.2, 0) is 4.79 Å². The second-order valence-corrected chi connectivity index (χ2v) is 5.48. The molecule has 0 aromatic heterocycles. The van der Waals surface area contributed by atoms with Crippen LogP contribution in [0.2, 0.25) is 0 Å². The van der Waals surface area contributed by atoms with Gasteiger partial charge >= 0.3 is 0 Å². The Morgan fingerprint density at radius 2 is 2.29 bits per heavy atom. The summed E-state index contributed by atoms with van der Waals surface area (Å²) in [6, 6.07) is 5.63. The highest BCUT2D eigenvalue weighted by atomic mass is 32.2. The van der Waals surface area contributed by atoms with Gasteiger partial charge in [-0.25, -0.2) is 4.39 Å². The van der Waals surface area contributed by atoms with E-state index < -0.39 is 6.04 Å². The molecule has 0 bridgehead atoms. The van der Waals surface area contributed by atoms with Crippen LogP contribution in [0.5, 0.6) is 0 Å². The van der Waals surface area contributed by atoms with Crippen LogP contribution in [-0.4, -0.2) is 23.0 Å². The number of amides is 1. The fourth-order valence-corrected chi connectivity index (χ4v) is 2.86. The van der Waals surface area contributed by atoms with Crippen molar-refractivity contribution < 1.29 is 9.18 Å². The van der Waals surface area contributed by atoms with Gasteiger partial charge in [-0.15, -0.1) is 0 Å². The lowest BCUT2D eigenvalue weighted by Crippen LogP contribution is -2.44. The smallest absolute Gasteiger partial charge is 0.241 e. The molecule has 1 aliphatic carbocycles. The minimum atomic E-state index is -0.445. The molecule has 5 heteroatoms. The third-order valence-corrected chi connectivity index (χ3v) is 4.55. The lowest BCUT2D eigenvalue weighted by atomic mass is 10.1. The summed E-state index contributed by atoms with van der Waals surface area (Å²) in [7, 11) is 0. The quantitative estimate of drug-likeness (QED) is 0.845. The molecule has 0 aliphatic heterocycles. The van der Waals surface area contributed by atoms with Crippen LogP contribution in [0.1, 0.15) is 12.8 Å². The van der Waals surface area contributed by atoms with Gasteiger partial charge in [-0.1, -0.05) is 6.07 Å². The van der Waals surface area contributed by atoms with Crippen LogP contribution in [0, 0.1) is 5.82 Å². The summed E-state index contributed by atoms with van der Waals surface area (Å²) in [5.41, 5.74) is 6.01. The Morgan fingerprint density at radius 3 is 2.76 bits per heavy atom. The normalized spacial score (nSPS) is 18.5. The van der Waals surface area contributed by atoms with Gasteiger partial charge in [0.1, 0.15) is 11.9 Å². The number of primary amides is 1. The summed E-state index contributed by atoms with van der Waals surface area (Å²) in [5, 5.41) is 3.04. The Kier molecular flexibility index (Phi) is 3.28. The first-order valence-electron chi connectivity index (χ1n) is 5.44. The molecule has 3 N–H and O–H groups in total. The molecular formula is C12H15FN2OS. The van der Waals surface area contributed by atoms with Gasteiger partial charge in [0.25, 0.3) is 0 Å². The zero-order valence-corrected chi connectivity index (χ0v) is 10.4. The van der Waals surface area contributed by atoms with Gasteiger partial charge in [0, 0.05) is 10.4 Å². The van der Waals surface area contributed by atoms with Gasteiger partial charge in [-0.3, -0.25) is 4.79 Å². The summed E-state index contributed by atoms with van der Waals surface area (Å²) in [5.74, 6) is -0.715. The lowest BCUT2D eigenvalue weighted by molar-refractivity contribution is -0.118. The van der Waals surface area contributed by atoms with Crippen LogP contribution < -0.4 is 11.1 Å². The molecule has 2 rings (SSSR count). The molecule has 1 aromatic rings. The van der Waals surface area contributed by atoms with Crippen molar-refractivity contribution in [1.29, 1.82) is 0 Å². The number of nitrogens with one attached hydrogen (secondary N) is 1. The van der Waals surface area contributed by atoms with E-state index in [0.29, 0.717) is 5.69 Å². The van der Waals surface area contributed by atoms with E-state index in [4.69, 9.17) is 5.73 Å². The molecule has 0 heterocycles. The monoisotopic (exact) mass is 254 g/mol. The maximum atomic E-state index is 13.1. The summed E-state index contributed by atoms with van der Waals surface area (Å²) < 4.78 is 12.9. The Balaban J connectivity index is 2.16. The third kappa shape index (κ3) is 2.54. The van der Waals surface area contributed by atoms with Gasteiger partial charge in [0.15, 0.2) is 0 Å². The number of halogens is 1. The highest BCUT2D eigenvalue weighted by Crippen LogP contribution is 2.50. The number of anilines is 1. The first-order valence-corrected chi connectivity index (χ1v) is 6.66. The van der Waals surface area contributed by atoms with Crippen LogP contribution >= 0.6 is 11.8 Å². The number of carbonyl (C=O) groups excluding carboxylic acids is 1. The SMILES string of the molecule is CSC1(C(Nc2cccc(F)c2)C(N)=O)CC1. The molecule has 1 amide bonds. The summed E-state index contributed by atoms with van der Waals surface area (Å²) in [6.45, 7) is 0. The number of hydrogen-bond acceptors (Lipinski definition) is 3. The van der Waals surface area contributed by atoms with Gasteiger partial charge in [0.05, 0.1) is 0 Å². The van der Waals surface area contributed by atoms with E-state index in [1.807, 2.05) is 6.26 Å². The molecular weight excluding hydrogens is 239 g/mol. The Hall–Kier alpha value is -1.23. The van der Waals surface area contributed by atoms with Crippen LogP contribution in [0.15, 0.2) is 24.3 Å². The number of thioether (sulfide) groups is 1. The molecule has 1 fully saturated rings. The predicted octanol–water partition coefficient (Wildman–Crippen LogP) is 1.99. The van der Waals surface area contributed by atoms with Crippen molar-refractivity contribution >= 4 is 23.4 Å². The van der Waals surface area contributed by atoms with Crippen LogP contribution in [0.25, 0.3) is 0 Å². The fraction of sp³-hybridized carbons (Fsp3) is 0.417. The van der Waals surface area contributed by atoms with Gasteiger partial charge in [0.2, 0.25) is 5.91 Å². The highest BCUT2D eigenvalue weighted by Gasteiger charge is 2.51. The fourth-order valence-electron chi connectivity index (χ4n) is 1.94. The molecule has 92 valence electrons. The molecule has 3 nitrogen and oxygen atoms in total. The first kappa shape index (κ1) is 12.2. The van der Waals surface area contributed by atoms with E-state index in [2.05, 4.69) is 5.32 Å². The molecule has 0 radical (unpaired) electrons. The van der Waals surface area contributed by atoms with Crippen LogP contribution in [0.3, 0.4) is 0 Å². The number of carbonyl (C=O) groups is 1. The van der Waals surface area contributed by atoms with Crippen LogP contribution in [0.4, 0.5) is 10.1 Å². The Bertz CT molecular complexity index is 434. The number of hydrogen-bond donors (Lipinski definition) is 2.